The molecule has 2 heterocycles. The van der Waals surface area contributed by atoms with E-state index >= 15 is 0 Å². The van der Waals surface area contributed by atoms with Crippen molar-refractivity contribution in [2.45, 2.75) is 0 Å². The van der Waals surface area contributed by atoms with Gasteiger partial charge in [0.05, 0.1) is 0 Å². The molecule has 0 spiro atoms. The second-order valence-corrected chi connectivity index (χ2v) is 9.78. The lowest BCUT2D eigenvalue weighted by molar-refractivity contribution is 0.655. The molecule has 1 unspecified atom stereocenters. The largest absolute Gasteiger partial charge is 0.437 e. The highest BCUT2D eigenvalue weighted by Crippen LogP contribution is 2.36. The first-order valence-corrected chi connectivity index (χ1v) is 12.6. The van der Waals surface area contributed by atoms with Crippen LogP contribution < -0.4 is 5.30 Å². The number of nitrogens with zero attached hydrogens (tertiary/aromatic N) is 1. The van der Waals surface area contributed by atoms with Crippen LogP contribution in [0.1, 0.15) is 0 Å². The van der Waals surface area contributed by atoms with Gasteiger partial charge in [-0.15, -0.1) is 9.24 Å². The quantitative estimate of drug-likeness (QED) is 0.237. The molecule has 0 bridgehead atoms. The van der Waals surface area contributed by atoms with Crippen LogP contribution in [0.15, 0.2) is 126 Å². The van der Waals surface area contributed by atoms with Crippen molar-refractivity contribution in [1.29, 1.82) is 0 Å². The summed E-state index contributed by atoms with van der Waals surface area (Å²) in [5.74, 6) is 0. The van der Waals surface area contributed by atoms with Crippen molar-refractivity contribution in [2.24, 2.45) is 0 Å². The lowest BCUT2D eigenvalue weighted by atomic mass is 9.96. The van der Waals surface area contributed by atoms with E-state index in [2.05, 4.69) is 123 Å². The second-order valence-electron chi connectivity index (χ2n) is 9.12. The standard InChI is InChI=1S/C33H22NOP/c36-28-16-14-22(15-17-28)26-13-9-23-8-12-25(19-27(23)20-26)21-6-10-24(11-7-21)29-3-1-4-30-31-5-2-18-34-33(31)35-32(29)30/h1-20H,36H2. The molecule has 2 aromatic heterocycles. The summed E-state index contributed by atoms with van der Waals surface area (Å²) < 4.78 is 6.14. The summed E-state index contributed by atoms with van der Waals surface area (Å²) in [5, 5.41) is 5.82. The summed E-state index contributed by atoms with van der Waals surface area (Å²) in [5.41, 5.74) is 8.62. The minimum absolute atomic E-state index is 0.677. The van der Waals surface area contributed by atoms with Crippen LogP contribution in [-0.4, -0.2) is 4.98 Å². The molecule has 0 aliphatic carbocycles. The SMILES string of the molecule is Pc1ccc(-c2ccc3ccc(-c4ccc(-c5cccc6c5oc5ncccc56)cc4)cc3c2)cc1. The average molecular weight is 480 g/mol. The van der Waals surface area contributed by atoms with Gasteiger partial charge in [-0.1, -0.05) is 91.0 Å². The maximum atomic E-state index is 6.14. The first-order chi connectivity index (χ1) is 17.7. The Bertz CT molecular complexity index is 1880. The fraction of sp³-hybridized carbons (Fsp3) is 0. The third kappa shape index (κ3) is 3.59. The fourth-order valence-corrected chi connectivity index (χ4v) is 5.18. The molecule has 0 N–H and O–H groups in total. The van der Waals surface area contributed by atoms with Gasteiger partial charge in [-0.25, -0.2) is 4.98 Å². The van der Waals surface area contributed by atoms with Crippen LogP contribution >= 0.6 is 9.24 Å². The minimum Gasteiger partial charge on any atom is -0.437 e. The Labute approximate surface area is 211 Å². The molecular formula is C33H22NOP. The molecule has 0 saturated carbocycles. The summed E-state index contributed by atoms with van der Waals surface area (Å²) in [7, 11) is 2.74. The van der Waals surface area contributed by atoms with E-state index < -0.39 is 0 Å². The van der Waals surface area contributed by atoms with Gasteiger partial charge in [0.2, 0.25) is 5.71 Å². The first-order valence-electron chi connectivity index (χ1n) is 12.0. The third-order valence-electron chi connectivity index (χ3n) is 6.89. The maximum absolute atomic E-state index is 6.14. The number of hydrogen-bond donors (Lipinski definition) is 0. The number of para-hydroxylation sites is 1. The Balaban J connectivity index is 1.26. The van der Waals surface area contributed by atoms with Gasteiger partial charge >= 0.3 is 0 Å². The molecule has 3 heteroatoms. The van der Waals surface area contributed by atoms with Crippen molar-refractivity contribution in [3.8, 4) is 33.4 Å². The fourth-order valence-electron chi connectivity index (χ4n) is 4.98. The monoisotopic (exact) mass is 479 g/mol. The summed E-state index contributed by atoms with van der Waals surface area (Å²) >= 11 is 0. The Morgan fingerprint density at radius 1 is 0.528 bits per heavy atom. The normalized spacial score (nSPS) is 11.5. The van der Waals surface area contributed by atoms with Crippen molar-refractivity contribution in [1.82, 2.24) is 4.98 Å². The van der Waals surface area contributed by atoms with Gasteiger partial charge < -0.3 is 4.42 Å². The van der Waals surface area contributed by atoms with Gasteiger partial charge in [-0.05, 0) is 68.2 Å². The first kappa shape index (κ1) is 21.1. The number of hydrogen-bond acceptors (Lipinski definition) is 2. The summed E-state index contributed by atoms with van der Waals surface area (Å²) in [6, 6.07) is 41.0. The zero-order valence-electron chi connectivity index (χ0n) is 19.5. The molecule has 170 valence electrons. The van der Waals surface area contributed by atoms with Gasteiger partial charge in [0.15, 0.2) is 0 Å². The lowest BCUT2D eigenvalue weighted by Gasteiger charge is -2.09. The highest BCUT2D eigenvalue weighted by Gasteiger charge is 2.12. The Morgan fingerprint density at radius 3 is 1.86 bits per heavy atom. The number of furan rings is 1. The molecule has 7 aromatic rings. The van der Waals surface area contributed by atoms with E-state index in [1.54, 1.807) is 6.20 Å². The molecule has 0 fully saturated rings. The van der Waals surface area contributed by atoms with Crippen molar-refractivity contribution < 1.29 is 4.42 Å². The lowest BCUT2D eigenvalue weighted by Crippen LogP contribution is -1.88. The highest BCUT2D eigenvalue weighted by molar-refractivity contribution is 7.27. The molecule has 5 aromatic carbocycles. The molecule has 1 atom stereocenters. The predicted octanol–water partition coefficient (Wildman–Crippen LogP) is 8.64. The number of benzene rings is 5. The molecule has 0 saturated heterocycles. The Kier molecular flexibility index (Phi) is 4.94. The molecule has 7 rings (SSSR count). The molecule has 0 aliphatic heterocycles. The van der Waals surface area contributed by atoms with Crippen LogP contribution in [0.25, 0.3) is 66.2 Å². The van der Waals surface area contributed by atoms with Crippen LogP contribution in [0.4, 0.5) is 0 Å². The van der Waals surface area contributed by atoms with Gasteiger partial charge in [0, 0.05) is 22.5 Å². The van der Waals surface area contributed by atoms with Gasteiger partial charge in [0.25, 0.3) is 0 Å². The topological polar surface area (TPSA) is 26.0 Å². The smallest absolute Gasteiger partial charge is 0.227 e. The zero-order chi connectivity index (χ0) is 24.1. The van der Waals surface area contributed by atoms with Crippen molar-refractivity contribution in [3.05, 3.63) is 121 Å². The summed E-state index contributed by atoms with van der Waals surface area (Å²) in [6.45, 7) is 0. The minimum atomic E-state index is 0.677. The molecule has 2 nitrogen and oxygen atoms in total. The molecule has 0 amide bonds. The maximum Gasteiger partial charge on any atom is 0.227 e. The Morgan fingerprint density at radius 2 is 1.14 bits per heavy atom. The zero-order valence-corrected chi connectivity index (χ0v) is 20.6. The van der Waals surface area contributed by atoms with Crippen molar-refractivity contribution >= 4 is 47.4 Å². The van der Waals surface area contributed by atoms with Crippen molar-refractivity contribution in [2.75, 3.05) is 0 Å². The molecule has 0 radical (unpaired) electrons. The summed E-state index contributed by atoms with van der Waals surface area (Å²) in [6.07, 6.45) is 1.77. The Hall–Kier alpha value is -4.26. The average Bonchev–Trinajstić information content (AvgIpc) is 3.32. The highest BCUT2D eigenvalue weighted by atomic mass is 31.0. The van der Waals surface area contributed by atoms with E-state index in [9.17, 15) is 0 Å². The second kappa shape index (κ2) is 8.45. The van der Waals surface area contributed by atoms with Crippen LogP contribution in [0.5, 0.6) is 0 Å². The molecule has 36 heavy (non-hydrogen) atoms. The van der Waals surface area contributed by atoms with Gasteiger partial charge in [0.1, 0.15) is 5.58 Å². The van der Waals surface area contributed by atoms with E-state index in [1.807, 2.05) is 6.07 Å². The van der Waals surface area contributed by atoms with Gasteiger partial charge in [-0.2, -0.15) is 0 Å². The van der Waals surface area contributed by atoms with Crippen LogP contribution in [0, 0.1) is 0 Å². The third-order valence-corrected chi connectivity index (χ3v) is 7.27. The molecular weight excluding hydrogens is 457 g/mol. The number of fused-ring (bicyclic) bond motifs is 4. The number of rotatable bonds is 3. The van der Waals surface area contributed by atoms with E-state index in [0.717, 1.165) is 27.5 Å². The van der Waals surface area contributed by atoms with Crippen LogP contribution in [0.2, 0.25) is 0 Å². The van der Waals surface area contributed by atoms with E-state index in [1.165, 1.54) is 38.3 Å². The van der Waals surface area contributed by atoms with Crippen LogP contribution in [0.3, 0.4) is 0 Å². The van der Waals surface area contributed by atoms with E-state index in [-0.39, 0.29) is 0 Å². The van der Waals surface area contributed by atoms with E-state index in [0.29, 0.717) is 5.71 Å². The van der Waals surface area contributed by atoms with Crippen LogP contribution in [-0.2, 0) is 0 Å². The van der Waals surface area contributed by atoms with Gasteiger partial charge in [-0.3, -0.25) is 0 Å². The van der Waals surface area contributed by atoms with E-state index in [4.69, 9.17) is 4.42 Å². The molecule has 0 aliphatic rings. The number of aromatic nitrogens is 1. The summed E-state index contributed by atoms with van der Waals surface area (Å²) in [4.78, 5) is 4.39. The predicted molar refractivity (Wildman–Crippen MR) is 155 cm³/mol. The number of pyridine rings is 1. The van der Waals surface area contributed by atoms with Crippen molar-refractivity contribution in [3.63, 3.8) is 0 Å².